The van der Waals surface area contributed by atoms with Crippen molar-refractivity contribution < 1.29 is 14.1 Å². The van der Waals surface area contributed by atoms with Crippen molar-refractivity contribution in [1.82, 2.24) is 9.99 Å². The van der Waals surface area contributed by atoms with Crippen molar-refractivity contribution in [3.05, 3.63) is 110 Å². The number of carbonyl (C=O) groups is 1. The van der Waals surface area contributed by atoms with Crippen LogP contribution >= 0.6 is 15.9 Å². The van der Waals surface area contributed by atoms with Crippen LogP contribution in [-0.4, -0.2) is 21.6 Å². The van der Waals surface area contributed by atoms with Crippen molar-refractivity contribution in [3.8, 4) is 0 Å². The highest BCUT2D eigenvalue weighted by molar-refractivity contribution is 9.10. The maximum atomic E-state index is 12.6. The van der Waals surface area contributed by atoms with E-state index in [2.05, 4.69) is 31.0 Å². The minimum Gasteiger partial charge on any atom is -0.451 e. The van der Waals surface area contributed by atoms with Gasteiger partial charge < -0.3 is 8.98 Å². The molecule has 8 nitrogen and oxygen atoms in total. The summed E-state index contributed by atoms with van der Waals surface area (Å²) >= 11 is 3.41. The molecule has 5 aromatic rings. The van der Waals surface area contributed by atoms with Crippen LogP contribution in [0.25, 0.3) is 21.9 Å². The van der Waals surface area contributed by atoms with E-state index in [1.165, 1.54) is 12.1 Å². The van der Waals surface area contributed by atoms with Crippen LogP contribution in [0.5, 0.6) is 0 Å². The first-order valence-corrected chi connectivity index (χ1v) is 11.5. The Labute approximate surface area is 208 Å². The number of carbonyl (C=O) groups excluding carboxylic acids is 1. The van der Waals surface area contributed by atoms with Crippen molar-refractivity contribution in [2.75, 3.05) is 0 Å². The number of hydrazone groups is 1. The Hall–Kier alpha value is -4.24. The third kappa shape index (κ3) is 4.45. The van der Waals surface area contributed by atoms with Crippen LogP contribution in [-0.2, 0) is 6.54 Å². The van der Waals surface area contributed by atoms with Gasteiger partial charge in [-0.25, -0.2) is 5.43 Å². The highest BCUT2D eigenvalue weighted by Crippen LogP contribution is 2.26. The molecule has 0 saturated heterocycles. The largest absolute Gasteiger partial charge is 0.451 e. The second kappa shape index (κ2) is 9.19. The summed E-state index contributed by atoms with van der Waals surface area (Å²) in [4.78, 5) is 23.1. The Bertz CT molecular complexity index is 1620. The highest BCUT2D eigenvalue weighted by atomic mass is 79.9. The summed E-state index contributed by atoms with van der Waals surface area (Å²) < 4.78 is 8.64. The summed E-state index contributed by atoms with van der Waals surface area (Å²) in [6.07, 6.45) is 1.63. The van der Waals surface area contributed by atoms with Crippen LogP contribution in [0.15, 0.2) is 86.8 Å². The fourth-order valence-corrected chi connectivity index (χ4v) is 4.45. The Kier molecular flexibility index (Phi) is 5.92. The topological polar surface area (TPSA) is 103 Å². The molecule has 0 fully saturated rings. The number of nitrogens with one attached hydrogen (secondary N) is 1. The summed E-state index contributed by atoms with van der Waals surface area (Å²) in [5, 5.41) is 16.9. The maximum absolute atomic E-state index is 12.6. The van der Waals surface area contributed by atoms with E-state index in [1.54, 1.807) is 30.5 Å². The van der Waals surface area contributed by atoms with E-state index in [-0.39, 0.29) is 11.4 Å². The molecule has 2 aromatic heterocycles. The van der Waals surface area contributed by atoms with Gasteiger partial charge in [-0.2, -0.15) is 5.10 Å². The highest BCUT2D eigenvalue weighted by Gasteiger charge is 2.15. The quantitative estimate of drug-likeness (QED) is 0.161. The van der Waals surface area contributed by atoms with Crippen molar-refractivity contribution >= 4 is 55.6 Å². The second-order valence-electron chi connectivity index (χ2n) is 8.02. The molecular weight excluding hydrogens is 512 g/mol. The lowest BCUT2D eigenvalue weighted by molar-refractivity contribution is -0.384. The number of non-ortho nitro benzene ring substituents is 1. The molecule has 0 aliphatic heterocycles. The van der Waals surface area contributed by atoms with Gasteiger partial charge in [-0.05, 0) is 42.8 Å². The lowest BCUT2D eigenvalue weighted by atomic mass is 10.1. The van der Waals surface area contributed by atoms with Crippen LogP contribution in [0.1, 0.15) is 27.4 Å². The number of hydrogen-bond acceptors (Lipinski definition) is 5. The lowest BCUT2D eigenvalue weighted by Crippen LogP contribution is -2.16. The molecule has 0 atom stereocenters. The molecule has 0 aliphatic rings. The fourth-order valence-electron chi connectivity index (χ4n) is 4.07. The Morgan fingerprint density at radius 3 is 2.69 bits per heavy atom. The zero-order chi connectivity index (χ0) is 24.5. The number of nitrogens with zero attached hydrogens (tertiary/aromatic N) is 3. The lowest BCUT2D eigenvalue weighted by Gasteiger charge is -2.08. The van der Waals surface area contributed by atoms with Crippen molar-refractivity contribution in [3.63, 3.8) is 0 Å². The van der Waals surface area contributed by atoms with Gasteiger partial charge in [0.1, 0.15) is 5.58 Å². The standard InChI is InChI=1S/C26H19BrN4O4/c1-16-22(14-28-29-26(32)25-13-18-12-19(27)8-11-24(18)35-25)21-4-2-3-5-23(21)30(16)15-17-6-9-20(10-7-17)31(33)34/h2-14H,15H2,1H3,(H,29,32)/b28-14+. The number of furan rings is 1. The molecule has 0 unspecified atom stereocenters. The van der Waals surface area contributed by atoms with E-state index in [0.717, 1.165) is 37.6 Å². The first-order valence-electron chi connectivity index (χ1n) is 10.7. The van der Waals surface area contributed by atoms with Gasteiger partial charge in [0, 0.05) is 50.7 Å². The summed E-state index contributed by atoms with van der Waals surface area (Å²) in [7, 11) is 0. The van der Waals surface area contributed by atoms with Crippen LogP contribution in [0, 0.1) is 17.0 Å². The van der Waals surface area contributed by atoms with E-state index < -0.39 is 10.8 Å². The predicted molar refractivity (Wildman–Crippen MR) is 138 cm³/mol. The smallest absolute Gasteiger partial charge is 0.307 e. The van der Waals surface area contributed by atoms with Gasteiger partial charge in [0.2, 0.25) is 0 Å². The molecule has 1 N–H and O–H groups in total. The van der Waals surface area contributed by atoms with Gasteiger partial charge in [0.15, 0.2) is 5.76 Å². The number of nitro benzene ring substituents is 1. The number of nitro groups is 1. The summed E-state index contributed by atoms with van der Waals surface area (Å²) in [6, 6.07) is 21.6. The second-order valence-corrected chi connectivity index (χ2v) is 8.93. The number of benzene rings is 3. The molecule has 0 radical (unpaired) electrons. The maximum Gasteiger partial charge on any atom is 0.307 e. The van der Waals surface area contributed by atoms with E-state index in [0.29, 0.717) is 12.1 Å². The summed E-state index contributed by atoms with van der Waals surface area (Å²) in [5.74, 6) is -0.270. The molecule has 35 heavy (non-hydrogen) atoms. The van der Waals surface area contributed by atoms with Gasteiger partial charge >= 0.3 is 5.91 Å². The fraction of sp³-hybridized carbons (Fsp3) is 0.0769. The van der Waals surface area contributed by atoms with Gasteiger partial charge in [0.25, 0.3) is 5.69 Å². The van der Waals surface area contributed by atoms with Gasteiger partial charge in [0.05, 0.1) is 11.1 Å². The van der Waals surface area contributed by atoms with Gasteiger partial charge in [-0.3, -0.25) is 14.9 Å². The molecule has 0 saturated carbocycles. The molecule has 1 amide bonds. The molecule has 0 spiro atoms. The van der Waals surface area contributed by atoms with Gasteiger partial charge in [-0.1, -0.05) is 46.3 Å². The first-order chi connectivity index (χ1) is 16.9. The molecule has 2 heterocycles. The van der Waals surface area contributed by atoms with E-state index in [9.17, 15) is 14.9 Å². The van der Waals surface area contributed by atoms with E-state index >= 15 is 0 Å². The van der Waals surface area contributed by atoms with Crippen LogP contribution < -0.4 is 5.43 Å². The summed E-state index contributed by atoms with van der Waals surface area (Å²) in [5.41, 5.74) is 6.98. The molecule has 3 aromatic carbocycles. The number of hydrogen-bond donors (Lipinski definition) is 1. The SMILES string of the molecule is Cc1c(/C=N/NC(=O)c2cc3cc(Br)ccc3o2)c2ccccc2n1Cc1ccc([N+](=O)[O-])cc1. The van der Waals surface area contributed by atoms with Crippen molar-refractivity contribution in [2.24, 2.45) is 5.10 Å². The van der Waals surface area contributed by atoms with Crippen molar-refractivity contribution in [2.45, 2.75) is 13.5 Å². The molecule has 5 rings (SSSR count). The third-order valence-corrected chi connectivity index (χ3v) is 6.32. The van der Waals surface area contributed by atoms with E-state index in [4.69, 9.17) is 4.42 Å². The number of aromatic nitrogens is 1. The van der Waals surface area contributed by atoms with Gasteiger partial charge in [-0.15, -0.1) is 0 Å². The monoisotopic (exact) mass is 530 g/mol. The Morgan fingerprint density at radius 2 is 1.91 bits per heavy atom. The zero-order valence-electron chi connectivity index (χ0n) is 18.6. The van der Waals surface area contributed by atoms with E-state index in [1.807, 2.05) is 43.3 Å². The molecule has 9 heteroatoms. The molecule has 0 bridgehead atoms. The van der Waals surface area contributed by atoms with Crippen LogP contribution in [0.4, 0.5) is 5.69 Å². The number of fused-ring (bicyclic) bond motifs is 2. The molecule has 0 aliphatic carbocycles. The normalized spacial score (nSPS) is 11.5. The number of halogens is 1. The zero-order valence-corrected chi connectivity index (χ0v) is 20.2. The Morgan fingerprint density at radius 1 is 1.14 bits per heavy atom. The number of para-hydroxylation sites is 1. The average molecular weight is 531 g/mol. The minimum atomic E-state index is -0.444. The van der Waals surface area contributed by atoms with Crippen molar-refractivity contribution in [1.29, 1.82) is 0 Å². The summed E-state index contributed by atoms with van der Waals surface area (Å²) in [6.45, 7) is 2.52. The van der Waals surface area contributed by atoms with Crippen LogP contribution in [0.2, 0.25) is 0 Å². The first kappa shape index (κ1) is 22.5. The van der Waals surface area contributed by atoms with Crippen LogP contribution in [0.3, 0.4) is 0 Å². The number of amides is 1. The minimum absolute atomic E-state index is 0.0588. The predicted octanol–water partition coefficient (Wildman–Crippen LogP) is 6.18. The number of rotatable bonds is 6. The molecular formula is C26H19BrN4O4. The third-order valence-electron chi connectivity index (χ3n) is 5.83. The average Bonchev–Trinajstić information content (AvgIpc) is 3.39. The molecule has 174 valence electrons. The Balaban J connectivity index is 1.40.